The Morgan fingerprint density at radius 2 is 2.19 bits per heavy atom. The average Bonchev–Trinajstić information content (AvgIpc) is 2.59. The van der Waals surface area contributed by atoms with E-state index in [9.17, 15) is 0 Å². The standard InChI is InChI=1S/C12H18N4/c1-3-4-9(13)7-11-15-10-6-5-8(2)14-12(10)16-11/h5-6,9H,3-4,7,13H2,1-2H3,(H,14,15,16). The summed E-state index contributed by atoms with van der Waals surface area (Å²) in [7, 11) is 0. The molecule has 0 amide bonds. The molecule has 2 aromatic rings. The van der Waals surface area contributed by atoms with E-state index in [4.69, 9.17) is 5.73 Å². The summed E-state index contributed by atoms with van der Waals surface area (Å²) in [5, 5.41) is 0. The SMILES string of the molecule is CCCC(N)Cc1nc2nc(C)ccc2[nH]1. The Morgan fingerprint density at radius 1 is 1.38 bits per heavy atom. The largest absolute Gasteiger partial charge is 0.341 e. The molecular formula is C12H18N4. The maximum atomic E-state index is 5.99. The molecular weight excluding hydrogens is 200 g/mol. The second kappa shape index (κ2) is 4.61. The quantitative estimate of drug-likeness (QED) is 0.824. The van der Waals surface area contributed by atoms with Gasteiger partial charge in [0.25, 0.3) is 0 Å². The third-order valence-electron chi connectivity index (χ3n) is 2.65. The van der Waals surface area contributed by atoms with Gasteiger partial charge in [0.05, 0.1) is 5.52 Å². The summed E-state index contributed by atoms with van der Waals surface area (Å²) in [6.45, 7) is 4.11. The van der Waals surface area contributed by atoms with Gasteiger partial charge in [-0.25, -0.2) is 9.97 Å². The number of hydrogen-bond acceptors (Lipinski definition) is 3. The Hall–Kier alpha value is -1.42. The molecule has 0 radical (unpaired) electrons. The molecule has 86 valence electrons. The lowest BCUT2D eigenvalue weighted by molar-refractivity contribution is 0.588. The first-order chi connectivity index (χ1) is 7.69. The number of H-pyrrole nitrogens is 1. The van der Waals surface area contributed by atoms with Crippen LogP contribution >= 0.6 is 0 Å². The van der Waals surface area contributed by atoms with E-state index in [1.807, 2.05) is 19.1 Å². The zero-order valence-corrected chi connectivity index (χ0v) is 9.83. The number of hydrogen-bond donors (Lipinski definition) is 2. The van der Waals surface area contributed by atoms with Gasteiger partial charge in [-0.3, -0.25) is 0 Å². The van der Waals surface area contributed by atoms with Crippen LogP contribution in [0, 0.1) is 6.92 Å². The maximum absolute atomic E-state index is 5.99. The molecule has 0 aliphatic carbocycles. The van der Waals surface area contributed by atoms with E-state index in [-0.39, 0.29) is 6.04 Å². The second-order valence-electron chi connectivity index (χ2n) is 4.26. The summed E-state index contributed by atoms with van der Waals surface area (Å²) in [6.07, 6.45) is 2.94. The lowest BCUT2D eigenvalue weighted by Gasteiger charge is -2.06. The van der Waals surface area contributed by atoms with Gasteiger partial charge in [-0.05, 0) is 25.5 Å². The first-order valence-electron chi connectivity index (χ1n) is 5.77. The molecule has 2 rings (SSSR count). The van der Waals surface area contributed by atoms with E-state index in [0.29, 0.717) is 0 Å². The monoisotopic (exact) mass is 218 g/mol. The highest BCUT2D eigenvalue weighted by atomic mass is 15.0. The first-order valence-corrected chi connectivity index (χ1v) is 5.77. The lowest BCUT2D eigenvalue weighted by Crippen LogP contribution is -2.22. The number of nitrogens with one attached hydrogen (secondary N) is 1. The van der Waals surface area contributed by atoms with Crippen LogP contribution < -0.4 is 5.73 Å². The number of fused-ring (bicyclic) bond motifs is 1. The Bertz CT molecular complexity index is 475. The van der Waals surface area contributed by atoms with Crippen LogP contribution in [0.15, 0.2) is 12.1 Å². The molecule has 0 aliphatic heterocycles. The van der Waals surface area contributed by atoms with Gasteiger partial charge in [0, 0.05) is 18.2 Å². The fourth-order valence-electron chi connectivity index (χ4n) is 1.85. The Morgan fingerprint density at radius 3 is 2.94 bits per heavy atom. The van der Waals surface area contributed by atoms with Crippen molar-refractivity contribution in [3.63, 3.8) is 0 Å². The van der Waals surface area contributed by atoms with Crippen molar-refractivity contribution < 1.29 is 0 Å². The molecule has 4 heteroatoms. The van der Waals surface area contributed by atoms with Crippen molar-refractivity contribution in [2.24, 2.45) is 5.73 Å². The topological polar surface area (TPSA) is 67.6 Å². The molecule has 2 aromatic heterocycles. The molecule has 0 saturated heterocycles. The van der Waals surface area contributed by atoms with Gasteiger partial charge in [-0.2, -0.15) is 0 Å². The average molecular weight is 218 g/mol. The first kappa shape index (κ1) is 11.1. The van der Waals surface area contributed by atoms with E-state index in [0.717, 1.165) is 41.9 Å². The number of imidazole rings is 1. The summed E-state index contributed by atoms with van der Waals surface area (Å²) in [5.41, 5.74) is 8.76. The predicted octanol–water partition coefficient (Wildman–Crippen LogP) is 1.94. The fourth-order valence-corrected chi connectivity index (χ4v) is 1.85. The van der Waals surface area contributed by atoms with Crippen molar-refractivity contribution in [3.8, 4) is 0 Å². The molecule has 4 nitrogen and oxygen atoms in total. The van der Waals surface area contributed by atoms with Crippen LogP contribution in [0.1, 0.15) is 31.3 Å². The molecule has 1 atom stereocenters. The van der Waals surface area contributed by atoms with E-state index in [1.165, 1.54) is 0 Å². The molecule has 0 fully saturated rings. The van der Waals surface area contributed by atoms with Gasteiger partial charge in [0.2, 0.25) is 0 Å². The van der Waals surface area contributed by atoms with E-state index < -0.39 is 0 Å². The van der Waals surface area contributed by atoms with Crippen LogP contribution in [-0.2, 0) is 6.42 Å². The van der Waals surface area contributed by atoms with Crippen molar-refractivity contribution in [1.82, 2.24) is 15.0 Å². The molecule has 0 spiro atoms. The van der Waals surface area contributed by atoms with Crippen molar-refractivity contribution in [2.45, 2.75) is 39.2 Å². The van der Waals surface area contributed by atoms with Gasteiger partial charge >= 0.3 is 0 Å². The van der Waals surface area contributed by atoms with E-state index >= 15 is 0 Å². The number of nitrogens with two attached hydrogens (primary N) is 1. The number of aromatic amines is 1. The van der Waals surface area contributed by atoms with Crippen molar-refractivity contribution in [2.75, 3.05) is 0 Å². The summed E-state index contributed by atoms with van der Waals surface area (Å²) < 4.78 is 0. The normalized spacial score (nSPS) is 13.2. The fraction of sp³-hybridized carbons (Fsp3) is 0.500. The van der Waals surface area contributed by atoms with Gasteiger partial charge in [0.15, 0.2) is 5.65 Å². The summed E-state index contributed by atoms with van der Waals surface area (Å²) in [4.78, 5) is 12.1. The van der Waals surface area contributed by atoms with Crippen LogP contribution in [0.25, 0.3) is 11.2 Å². The van der Waals surface area contributed by atoms with E-state index in [2.05, 4.69) is 21.9 Å². The smallest absolute Gasteiger partial charge is 0.177 e. The predicted molar refractivity (Wildman–Crippen MR) is 65.2 cm³/mol. The molecule has 3 N–H and O–H groups in total. The minimum Gasteiger partial charge on any atom is -0.341 e. The number of pyridine rings is 1. The lowest BCUT2D eigenvalue weighted by atomic mass is 10.1. The summed E-state index contributed by atoms with van der Waals surface area (Å²) in [5.74, 6) is 0.939. The van der Waals surface area contributed by atoms with Crippen LogP contribution in [-0.4, -0.2) is 21.0 Å². The van der Waals surface area contributed by atoms with Crippen LogP contribution in [0.2, 0.25) is 0 Å². The number of aryl methyl sites for hydroxylation is 1. The maximum Gasteiger partial charge on any atom is 0.177 e. The van der Waals surface area contributed by atoms with Crippen molar-refractivity contribution in [1.29, 1.82) is 0 Å². The van der Waals surface area contributed by atoms with Crippen LogP contribution in [0.5, 0.6) is 0 Å². The van der Waals surface area contributed by atoms with Crippen molar-refractivity contribution in [3.05, 3.63) is 23.7 Å². The molecule has 0 saturated carbocycles. The van der Waals surface area contributed by atoms with Crippen LogP contribution in [0.4, 0.5) is 0 Å². The number of nitrogens with zero attached hydrogens (tertiary/aromatic N) is 2. The zero-order chi connectivity index (χ0) is 11.5. The highest BCUT2D eigenvalue weighted by Crippen LogP contribution is 2.11. The van der Waals surface area contributed by atoms with Crippen molar-refractivity contribution >= 4 is 11.2 Å². The highest BCUT2D eigenvalue weighted by molar-refractivity contribution is 5.70. The minimum atomic E-state index is 0.187. The third kappa shape index (κ3) is 2.39. The minimum absolute atomic E-state index is 0.187. The van der Waals surface area contributed by atoms with Gasteiger partial charge in [-0.15, -0.1) is 0 Å². The number of aromatic nitrogens is 3. The Labute approximate surface area is 95.3 Å². The highest BCUT2D eigenvalue weighted by Gasteiger charge is 2.08. The van der Waals surface area contributed by atoms with Crippen LogP contribution in [0.3, 0.4) is 0 Å². The third-order valence-corrected chi connectivity index (χ3v) is 2.65. The van der Waals surface area contributed by atoms with Gasteiger partial charge in [-0.1, -0.05) is 13.3 Å². The zero-order valence-electron chi connectivity index (χ0n) is 9.83. The summed E-state index contributed by atoms with van der Waals surface area (Å²) >= 11 is 0. The molecule has 0 aliphatic rings. The molecule has 1 unspecified atom stereocenters. The van der Waals surface area contributed by atoms with E-state index in [1.54, 1.807) is 0 Å². The molecule has 0 aromatic carbocycles. The molecule has 0 bridgehead atoms. The molecule has 16 heavy (non-hydrogen) atoms. The Balaban J connectivity index is 2.19. The Kier molecular flexibility index (Phi) is 3.19. The second-order valence-corrected chi connectivity index (χ2v) is 4.26. The molecule has 2 heterocycles. The summed E-state index contributed by atoms with van der Waals surface area (Å²) in [6, 6.07) is 4.18. The number of rotatable bonds is 4. The van der Waals surface area contributed by atoms with Gasteiger partial charge in [0.1, 0.15) is 5.82 Å². The van der Waals surface area contributed by atoms with Gasteiger partial charge < -0.3 is 10.7 Å².